The van der Waals surface area contributed by atoms with Crippen LogP contribution in [-0.4, -0.2) is 42.3 Å². The van der Waals surface area contributed by atoms with Gasteiger partial charge in [-0.15, -0.1) is 0 Å². The van der Waals surface area contributed by atoms with Crippen molar-refractivity contribution in [3.05, 3.63) is 0 Å². The van der Waals surface area contributed by atoms with Crippen molar-refractivity contribution >= 4 is 12.1 Å². The third-order valence-corrected chi connectivity index (χ3v) is 4.25. The van der Waals surface area contributed by atoms with E-state index >= 15 is 0 Å². The van der Waals surface area contributed by atoms with Crippen molar-refractivity contribution in [1.29, 1.82) is 0 Å². The van der Waals surface area contributed by atoms with Crippen LogP contribution in [0.2, 0.25) is 0 Å². The minimum absolute atomic E-state index is 0.148. The first kappa shape index (κ1) is 16.1. The van der Waals surface area contributed by atoms with E-state index in [4.69, 9.17) is 9.47 Å². The van der Waals surface area contributed by atoms with E-state index in [2.05, 4.69) is 0 Å². The van der Waals surface area contributed by atoms with Crippen LogP contribution in [0.15, 0.2) is 0 Å². The fraction of sp³-hybridized carbons (Fsp3) is 0.875. The molecule has 2 fully saturated rings. The number of piperidine rings is 1. The molecule has 5 nitrogen and oxygen atoms in total. The molecule has 1 amide bonds. The van der Waals surface area contributed by atoms with Gasteiger partial charge in [-0.25, -0.2) is 4.79 Å². The van der Waals surface area contributed by atoms with E-state index in [1.807, 2.05) is 13.8 Å². The van der Waals surface area contributed by atoms with E-state index in [0.717, 1.165) is 51.6 Å². The monoisotopic (exact) mass is 297 g/mol. The van der Waals surface area contributed by atoms with Gasteiger partial charge in [-0.1, -0.05) is 13.8 Å². The van der Waals surface area contributed by atoms with E-state index in [1.165, 1.54) is 6.42 Å². The van der Waals surface area contributed by atoms with E-state index in [0.29, 0.717) is 0 Å². The molecule has 2 aliphatic rings. The first-order valence-corrected chi connectivity index (χ1v) is 8.24. The lowest BCUT2D eigenvalue weighted by molar-refractivity contribution is -0.161. The van der Waals surface area contributed by atoms with Gasteiger partial charge >= 0.3 is 12.1 Å². The number of carbonyl (C=O) groups is 2. The average molecular weight is 297 g/mol. The van der Waals surface area contributed by atoms with E-state index in [9.17, 15) is 9.59 Å². The second-order valence-electron chi connectivity index (χ2n) is 6.38. The molecule has 1 heterocycles. The van der Waals surface area contributed by atoms with Gasteiger partial charge in [0.25, 0.3) is 0 Å². The summed E-state index contributed by atoms with van der Waals surface area (Å²) in [4.78, 5) is 25.7. The number of hydrogen-bond donors (Lipinski definition) is 0. The Hall–Kier alpha value is -1.26. The van der Waals surface area contributed by atoms with E-state index < -0.39 is 0 Å². The number of amides is 1. The maximum Gasteiger partial charge on any atom is 0.410 e. The molecule has 2 atom stereocenters. The standard InChI is InChI=1S/C16H27NO4/c1-12(2)15(18)20-13-8-4-5-9-14(13)21-16(19)17-10-6-3-7-11-17/h12-14H,3-11H2,1-2H3/t13-,14+/m0/s1. The number of nitrogens with zero attached hydrogens (tertiary/aromatic N) is 1. The minimum Gasteiger partial charge on any atom is -0.458 e. The van der Waals surface area contributed by atoms with Crippen LogP contribution in [-0.2, 0) is 14.3 Å². The predicted octanol–water partition coefficient (Wildman–Crippen LogP) is 3.12. The molecule has 120 valence electrons. The lowest BCUT2D eigenvalue weighted by Gasteiger charge is -2.34. The molecule has 0 N–H and O–H groups in total. The highest BCUT2D eigenvalue weighted by Gasteiger charge is 2.33. The molecule has 1 saturated carbocycles. The summed E-state index contributed by atoms with van der Waals surface area (Å²) in [5.74, 6) is -0.355. The maximum atomic E-state index is 12.2. The van der Waals surface area contributed by atoms with Gasteiger partial charge in [0.1, 0.15) is 12.2 Å². The van der Waals surface area contributed by atoms with Crippen LogP contribution in [0, 0.1) is 5.92 Å². The molecule has 5 heteroatoms. The average Bonchev–Trinajstić information content (AvgIpc) is 2.50. The molecule has 1 aliphatic carbocycles. The number of likely N-dealkylation sites (tertiary alicyclic amines) is 1. The van der Waals surface area contributed by atoms with Crippen molar-refractivity contribution in [3.63, 3.8) is 0 Å². The number of hydrogen-bond acceptors (Lipinski definition) is 4. The zero-order chi connectivity index (χ0) is 15.2. The lowest BCUT2D eigenvalue weighted by atomic mass is 9.94. The number of rotatable bonds is 3. The van der Waals surface area contributed by atoms with Crippen molar-refractivity contribution in [3.8, 4) is 0 Å². The Bertz CT molecular complexity index is 363. The Morgan fingerprint density at radius 1 is 0.905 bits per heavy atom. The Labute approximate surface area is 127 Å². The largest absolute Gasteiger partial charge is 0.458 e. The third kappa shape index (κ3) is 4.61. The van der Waals surface area contributed by atoms with Gasteiger partial charge < -0.3 is 14.4 Å². The zero-order valence-corrected chi connectivity index (χ0v) is 13.2. The second-order valence-corrected chi connectivity index (χ2v) is 6.38. The van der Waals surface area contributed by atoms with Crippen LogP contribution >= 0.6 is 0 Å². The summed E-state index contributed by atoms with van der Waals surface area (Å²) >= 11 is 0. The highest BCUT2D eigenvalue weighted by Crippen LogP contribution is 2.25. The van der Waals surface area contributed by atoms with Gasteiger partial charge in [-0.3, -0.25) is 4.79 Å². The molecular weight excluding hydrogens is 270 g/mol. The van der Waals surface area contributed by atoms with Gasteiger partial charge in [0.2, 0.25) is 0 Å². The lowest BCUT2D eigenvalue weighted by Crippen LogP contribution is -2.43. The SMILES string of the molecule is CC(C)C(=O)O[C@H]1CCCC[C@H]1OC(=O)N1CCCCC1. The van der Waals surface area contributed by atoms with Gasteiger partial charge in [-0.05, 0) is 44.9 Å². The topological polar surface area (TPSA) is 55.8 Å². The number of esters is 1. The molecule has 0 aromatic heterocycles. The Morgan fingerprint density at radius 2 is 1.48 bits per heavy atom. The smallest absolute Gasteiger partial charge is 0.410 e. The first-order valence-electron chi connectivity index (χ1n) is 8.24. The summed E-state index contributed by atoms with van der Waals surface area (Å²) < 4.78 is 11.2. The van der Waals surface area contributed by atoms with Gasteiger partial charge in [0.15, 0.2) is 0 Å². The molecule has 1 aliphatic heterocycles. The Kier molecular flexibility index (Phi) is 5.88. The quantitative estimate of drug-likeness (QED) is 0.751. The summed E-state index contributed by atoms with van der Waals surface area (Å²) in [6.07, 6.45) is 6.09. The van der Waals surface area contributed by atoms with Gasteiger partial charge in [0.05, 0.1) is 5.92 Å². The van der Waals surface area contributed by atoms with Crippen molar-refractivity contribution in [2.45, 2.75) is 71.0 Å². The summed E-state index contributed by atoms with van der Waals surface area (Å²) in [5, 5.41) is 0. The van der Waals surface area contributed by atoms with Crippen molar-refractivity contribution < 1.29 is 19.1 Å². The maximum absolute atomic E-state index is 12.2. The highest BCUT2D eigenvalue weighted by atomic mass is 16.6. The van der Waals surface area contributed by atoms with Crippen molar-refractivity contribution in [2.75, 3.05) is 13.1 Å². The van der Waals surface area contributed by atoms with Crippen LogP contribution in [0.5, 0.6) is 0 Å². The predicted molar refractivity (Wildman–Crippen MR) is 78.9 cm³/mol. The number of ether oxygens (including phenoxy) is 2. The fourth-order valence-corrected chi connectivity index (χ4v) is 2.90. The molecule has 2 rings (SSSR count). The van der Waals surface area contributed by atoms with E-state index in [1.54, 1.807) is 4.90 Å². The molecular formula is C16H27NO4. The minimum atomic E-state index is -0.282. The molecule has 0 bridgehead atoms. The molecule has 0 unspecified atom stereocenters. The Morgan fingerprint density at radius 3 is 2.05 bits per heavy atom. The van der Waals surface area contributed by atoms with Crippen LogP contribution in [0.25, 0.3) is 0 Å². The van der Waals surface area contributed by atoms with Crippen molar-refractivity contribution in [2.24, 2.45) is 5.92 Å². The summed E-state index contributed by atoms with van der Waals surface area (Å²) in [6, 6.07) is 0. The zero-order valence-electron chi connectivity index (χ0n) is 13.2. The van der Waals surface area contributed by atoms with Crippen molar-refractivity contribution in [1.82, 2.24) is 4.90 Å². The normalized spacial score (nSPS) is 26.5. The molecule has 21 heavy (non-hydrogen) atoms. The van der Waals surface area contributed by atoms with E-state index in [-0.39, 0.29) is 30.2 Å². The highest BCUT2D eigenvalue weighted by molar-refractivity contribution is 5.72. The molecule has 0 radical (unpaired) electrons. The second kappa shape index (κ2) is 7.66. The first-order chi connectivity index (χ1) is 10.1. The molecule has 0 spiro atoms. The van der Waals surface area contributed by atoms with Gasteiger partial charge in [0, 0.05) is 13.1 Å². The Balaban J connectivity index is 1.88. The summed E-state index contributed by atoms with van der Waals surface area (Å²) in [5.41, 5.74) is 0. The van der Waals surface area contributed by atoms with Crippen LogP contribution in [0.3, 0.4) is 0 Å². The molecule has 0 aromatic carbocycles. The van der Waals surface area contributed by atoms with Crippen LogP contribution < -0.4 is 0 Å². The van der Waals surface area contributed by atoms with Crippen LogP contribution in [0.1, 0.15) is 58.8 Å². The fourth-order valence-electron chi connectivity index (χ4n) is 2.90. The van der Waals surface area contributed by atoms with Gasteiger partial charge in [-0.2, -0.15) is 0 Å². The van der Waals surface area contributed by atoms with Crippen LogP contribution in [0.4, 0.5) is 4.79 Å². The summed E-state index contributed by atoms with van der Waals surface area (Å²) in [6.45, 7) is 5.20. The third-order valence-electron chi connectivity index (χ3n) is 4.25. The number of carbonyl (C=O) groups excluding carboxylic acids is 2. The molecule has 1 saturated heterocycles. The molecule has 0 aromatic rings. The summed E-state index contributed by atoms with van der Waals surface area (Å²) in [7, 11) is 0.